The third kappa shape index (κ3) is 1.64. The number of benzene rings is 1. The zero-order valence-corrected chi connectivity index (χ0v) is 11.0. The van der Waals surface area contributed by atoms with E-state index in [9.17, 15) is 0 Å². The van der Waals surface area contributed by atoms with Crippen molar-refractivity contribution >= 4 is 0 Å². The van der Waals surface area contributed by atoms with Crippen molar-refractivity contribution in [1.82, 2.24) is 0 Å². The first-order valence-corrected chi connectivity index (χ1v) is 7.62. The summed E-state index contributed by atoms with van der Waals surface area (Å²) in [7, 11) is 0. The van der Waals surface area contributed by atoms with Crippen molar-refractivity contribution in [3.05, 3.63) is 35.9 Å². The van der Waals surface area contributed by atoms with E-state index in [0.29, 0.717) is 0 Å². The molecule has 1 nitrogen and oxygen atoms in total. The Bertz CT molecular complexity index is 396. The molecule has 0 radical (unpaired) electrons. The van der Waals surface area contributed by atoms with Crippen molar-refractivity contribution in [2.75, 3.05) is 0 Å². The first-order valence-electron chi connectivity index (χ1n) is 7.62. The second kappa shape index (κ2) is 4.09. The van der Waals surface area contributed by atoms with Gasteiger partial charge in [-0.15, -0.1) is 0 Å². The van der Waals surface area contributed by atoms with Gasteiger partial charge in [0.2, 0.25) is 0 Å². The molecule has 1 aromatic carbocycles. The van der Waals surface area contributed by atoms with Crippen molar-refractivity contribution in [3.63, 3.8) is 0 Å². The average Bonchev–Trinajstić information content (AvgIpc) is 2.38. The monoisotopic (exact) mass is 241 g/mol. The Morgan fingerprint density at radius 2 is 1.39 bits per heavy atom. The summed E-state index contributed by atoms with van der Waals surface area (Å²) in [5.74, 6) is 4.71. The molecule has 5 rings (SSSR count). The van der Waals surface area contributed by atoms with Gasteiger partial charge in [0.05, 0.1) is 0 Å². The summed E-state index contributed by atoms with van der Waals surface area (Å²) in [6, 6.07) is 11.1. The largest absolute Gasteiger partial charge is 0.324 e. The van der Waals surface area contributed by atoms with E-state index in [1.165, 1.54) is 37.7 Å². The van der Waals surface area contributed by atoms with E-state index in [2.05, 4.69) is 30.3 Å². The van der Waals surface area contributed by atoms with Gasteiger partial charge in [0, 0.05) is 6.04 Å². The van der Waals surface area contributed by atoms with Crippen LogP contribution >= 0.6 is 0 Å². The molecule has 1 heteroatoms. The minimum absolute atomic E-state index is 0.279. The van der Waals surface area contributed by atoms with Gasteiger partial charge in [-0.2, -0.15) is 0 Å². The zero-order chi connectivity index (χ0) is 12.1. The highest BCUT2D eigenvalue weighted by molar-refractivity contribution is 5.21. The summed E-state index contributed by atoms with van der Waals surface area (Å²) in [6.45, 7) is 0. The Morgan fingerprint density at radius 3 is 1.94 bits per heavy atom. The highest BCUT2D eigenvalue weighted by atomic mass is 14.7. The Hall–Kier alpha value is -0.820. The first kappa shape index (κ1) is 11.0. The number of nitrogens with two attached hydrogens (primary N) is 1. The van der Waals surface area contributed by atoms with Crippen LogP contribution in [0.1, 0.15) is 43.7 Å². The van der Waals surface area contributed by atoms with Crippen LogP contribution in [0.3, 0.4) is 0 Å². The van der Waals surface area contributed by atoms with Crippen LogP contribution in [0.2, 0.25) is 0 Å². The average molecular weight is 241 g/mol. The molecule has 18 heavy (non-hydrogen) atoms. The van der Waals surface area contributed by atoms with Crippen molar-refractivity contribution in [2.24, 2.45) is 35.3 Å². The summed E-state index contributed by atoms with van der Waals surface area (Å²) in [5, 5.41) is 0. The van der Waals surface area contributed by atoms with Crippen LogP contribution < -0.4 is 5.73 Å². The normalized spacial score (nSPS) is 43.1. The summed E-state index contributed by atoms with van der Waals surface area (Å²) in [5.41, 5.74) is 7.98. The van der Waals surface area contributed by atoms with Crippen LogP contribution in [0.15, 0.2) is 30.3 Å². The van der Waals surface area contributed by atoms with Gasteiger partial charge in [-0.05, 0) is 67.3 Å². The highest BCUT2D eigenvalue weighted by Gasteiger charge is 2.49. The third-order valence-corrected chi connectivity index (χ3v) is 5.90. The van der Waals surface area contributed by atoms with Gasteiger partial charge in [0.25, 0.3) is 0 Å². The molecule has 4 fully saturated rings. The van der Waals surface area contributed by atoms with Gasteiger partial charge in [0.15, 0.2) is 0 Å². The lowest BCUT2D eigenvalue weighted by Crippen LogP contribution is -2.48. The van der Waals surface area contributed by atoms with Gasteiger partial charge in [0.1, 0.15) is 0 Å². The van der Waals surface area contributed by atoms with Crippen molar-refractivity contribution in [1.29, 1.82) is 0 Å². The van der Waals surface area contributed by atoms with Gasteiger partial charge in [-0.25, -0.2) is 0 Å². The molecule has 4 saturated carbocycles. The predicted molar refractivity (Wildman–Crippen MR) is 73.9 cm³/mol. The maximum Gasteiger partial charge on any atom is 0.0328 e. The van der Waals surface area contributed by atoms with Crippen molar-refractivity contribution in [2.45, 2.75) is 38.1 Å². The van der Waals surface area contributed by atoms with Crippen molar-refractivity contribution < 1.29 is 0 Å². The molecule has 1 aromatic rings. The van der Waals surface area contributed by atoms with Crippen LogP contribution in [0.4, 0.5) is 0 Å². The topological polar surface area (TPSA) is 26.0 Å². The fourth-order valence-corrected chi connectivity index (χ4v) is 5.45. The Morgan fingerprint density at radius 1 is 0.833 bits per heavy atom. The standard InChI is InChI=1S/C17H23N/c18-17(13-4-2-1-3-5-13)16-14-7-11-6-12(9-14)10-15(16)8-11/h1-5,11-12,14-17H,6-10,18H2/t11?,12?,14?,15?,16?,17-/m1/s1. The summed E-state index contributed by atoms with van der Waals surface area (Å²) in [4.78, 5) is 0. The second-order valence-corrected chi connectivity index (χ2v) is 6.94. The van der Waals surface area contributed by atoms with E-state index in [0.717, 1.165) is 29.6 Å². The minimum atomic E-state index is 0.279. The lowest BCUT2D eigenvalue weighted by Gasteiger charge is -2.56. The molecule has 0 heterocycles. The molecular formula is C17H23N. The van der Waals surface area contributed by atoms with E-state index >= 15 is 0 Å². The molecule has 0 spiro atoms. The molecule has 4 aliphatic carbocycles. The molecule has 0 aliphatic heterocycles. The smallest absolute Gasteiger partial charge is 0.0328 e. The number of hydrogen-bond acceptors (Lipinski definition) is 1. The van der Waals surface area contributed by atoms with Gasteiger partial charge in [-0.3, -0.25) is 0 Å². The number of rotatable bonds is 2. The van der Waals surface area contributed by atoms with Gasteiger partial charge < -0.3 is 5.73 Å². The molecule has 0 aromatic heterocycles. The fourth-order valence-electron chi connectivity index (χ4n) is 5.45. The first-order chi connectivity index (χ1) is 8.81. The van der Waals surface area contributed by atoms with Crippen LogP contribution in [0.25, 0.3) is 0 Å². The van der Waals surface area contributed by atoms with E-state index in [1.54, 1.807) is 0 Å². The Labute approximate surface area is 110 Å². The van der Waals surface area contributed by atoms with Crippen LogP contribution in [0.5, 0.6) is 0 Å². The zero-order valence-electron chi connectivity index (χ0n) is 11.0. The fraction of sp³-hybridized carbons (Fsp3) is 0.647. The lowest BCUT2D eigenvalue weighted by molar-refractivity contribution is -0.0471. The molecule has 0 saturated heterocycles. The van der Waals surface area contributed by atoms with Crippen molar-refractivity contribution in [3.8, 4) is 0 Å². The Balaban J connectivity index is 1.61. The molecule has 2 N–H and O–H groups in total. The summed E-state index contributed by atoms with van der Waals surface area (Å²) < 4.78 is 0. The maximum absolute atomic E-state index is 6.62. The third-order valence-electron chi connectivity index (χ3n) is 5.90. The maximum atomic E-state index is 6.62. The number of hydrogen-bond donors (Lipinski definition) is 1. The Kier molecular flexibility index (Phi) is 2.51. The van der Waals surface area contributed by atoms with Crippen LogP contribution in [0, 0.1) is 29.6 Å². The van der Waals surface area contributed by atoms with E-state index in [1.807, 2.05) is 0 Å². The summed E-state index contributed by atoms with van der Waals surface area (Å²) in [6.07, 6.45) is 7.41. The minimum Gasteiger partial charge on any atom is -0.324 e. The molecule has 0 unspecified atom stereocenters. The molecule has 96 valence electrons. The SMILES string of the molecule is N[C@H](c1ccccc1)C1C2CC3CC(C2)CC1C3. The second-order valence-electron chi connectivity index (χ2n) is 6.94. The lowest BCUT2D eigenvalue weighted by atomic mass is 9.50. The van der Waals surface area contributed by atoms with Gasteiger partial charge in [-0.1, -0.05) is 30.3 Å². The molecular weight excluding hydrogens is 218 g/mol. The quantitative estimate of drug-likeness (QED) is 0.838. The van der Waals surface area contributed by atoms with Gasteiger partial charge >= 0.3 is 0 Å². The van der Waals surface area contributed by atoms with E-state index < -0.39 is 0 Å². The predicted octanol–water partition coefficient (Wildman–Crippen LogP) is 3.76. The molecule has 1 atom stereocenters. The van der Waals surface area contributed by atoms with E-state index in [4.69, 9.17) is 5.73 Å². The summed E-state index contributed by atoms with van der Waals surface area (Å²) >= 11 is 0. The molecule has 4 aliphatic rings. The molecule has 0 amide bonds. The van der Waals surface area contributed by atoms with Crippen LogP contribution in [-0.4, -0.2) is 0 Å². The highest BCUT2D eigenvalue weighted by Crippen LogP contribution is 2.58. The van der Waals surface area contributed by atoms with Crippen LogP contribution in [-0.2, 0) is 0 Å². The van der Waals surface area contributed by atoms with E-state index in [-0.39, 0.29) is 6.04 Å². The molecule has 4 bridgehead atoms.